The molecule has 0 saturated carbocycles. The highest BCUT2D eigenvalue weighted by atomic mass is 28.3. The predicted molar refractivity (Wildman–Crippen MR) is 154 cm³/mol. The number of ether oxygens (including phenoxy) is 1. The van der Waals surface area contributed by atoms with E-state index in [-0.39, 0.29) is 23.0 Å². The first-order valence-electron chi connectivity index (χ1n) is 13.6. The van der Waals surface area contributed by atoms with Gasteiger partial charge in [-0.1, -0.05) is 64.2 Å². The van der Waals surface area contributed by atoms with Crippen LogP contribution in [0.1, 0.15) is 57.3 Å². The molecule has 1 N–H and O–H groups in total. The van der Waals surface area contributed by atoms with E-state index in [9.17, 15) is 13.6 Å². The first-order valence-corrected chi connectivity index (χ1v) is 16.8. The molecule has 1 atom stereocenters. The Hall–Kier alpha value is -2.77. The molecule has 1 unspecified atom stereocenters. The minimum Gasteiger partial charge on any atom is -0.466 e. The van der Waals surface area contributed by atoms with Gasteiger partial charge in [0.15, 0.2) is 0 Å². The summed E-state index contributed by atoms with van der Waals surface area (Å²) in [6, 6.07) is 16.6. The molecule has 0 fully saturated rings. The SMILES string of the molecule is C[SiH](C)CCOC(=O)CCCCNC(c1cc(-c2cc(F)ccc2F)cn1Cc1ccccc1)C(C)(C)C. The number of carbonyl (C=O) groups excluding carboxylic acids is 1. The van der Waals surface area contributed by atoms with Crippen molar-refractivity contribution in [2.75, 3.05) is 13.2 Å². The van der Waals surface area contributed by atoms with Crippen molar-refractivity contribution < 1.29 is 18.3 Å². The van der Waals surface area contributed by atoms with E-state index in [1.54, 1.807) is 0 Å². The fraction of sp³-hybridized carbons (Fsp3) is 0.452. The van der Waals surface area contributed by atoms with Gasteiger partial charge in [0, 0.05) is 44.8 Å². The molecular weight excluding hydrogens is 498 g/mol. The van der Waals surface area contributed by atoms with E-state index in [0.29, 0.717) is 25.1 Å². The van der Waals surface area contributed by atoms with Crippen LogP contribution in [0.15, 0.2) is 60.8 Å². The van der Waals surface area contributed by atoms with E-state index < -0.39 is 20.4 Å². The van der Waals surface area contributed by atoms with Gasteiger partial charge in [0.05, 0.1) is 12.6 Å². The second-order valence-corrected chi connectivity index (χ2v) is 14.9. The van der Waals surface area contributed by atoms with Crippen molar-refractivity contribution in [1.29, 1.82) is 0 Å². The van der Waals surface area contributed by atoms with Crippen molar-refractivity contribution in [2.24, 2.45) is 5.41 Å². The largest absolute Gasteiger partial charge is 0.466 e. The number of nitrogens with zero attached hydrogens (tertiary/aromatic N) is 1. The van der Waals surface area contributed by atoms with E-state index in [4.69, 9.17) is 4.74 Å². The van der Waals surface area contributed by atoms with Gasteiger partial charge in [-0.15, -0.1) is 0 Å². The van der Waals surface area contributed by atoms with Crippen LogP contribution in [0.2, 0.25) is 19.1 Å². The molecule has 0 aliphatic rings. The molecule has 0 amide bonds. The standard InChI is InChI=1S/C31H42F2N2O2Si/c1-31(2,3)30(34-16-10-9-13-29(36)37-17-18-38(4)5)28-19-24(26-20-25(32)14-15-27(26)33)22-35(28)21-23-11-7-6-8-12-23/h6-8,11-12,14-15,19-20,22,30,34,38H,9-10,13,16-18,21H2,1-5H3. The van der Waals surface area contributed by atoms with Crippen LogP contribution in [0, 0.1) is 17.0 Å². The van der Waals surface area contributed by atoms with Crippen LogP contribution in [0.3, 0.4) is 0 Å². The van der Waals surface area contributed by atoms with Gasteiger partial charge in [-0.25, -0.2) is 8.78 Å². The summed E-state index contributed by atoms with van der Waals surface area (Å²) >= 11 is 0. The third kappa shape index (κ3) is 8.91. The highest BCUT2D eigenvalue weighted by Crippen LogP contribution is 2.37. The lowest BCUT2D eigenvalue weighted by atomic mass is 9.84. The summed E-state index contributed by atoms with van der Waals surface area (Å²) in [7, 11) is -0.706. The van der Waals surface area contributed by atoms with Crippen LogP contribution >= 0.6 is 0 Å². The highest BCUT2D eigenvalue weighted by molar-refractivity contribution is 6.55. The number of hydrogen-bond donors (Lipinski definition) is 1. The van der Waals surface area contributed by atoms with Crippen molar-refractivity contribution in [3.05, 3.63) is 83.7 Å². The van der Waals surface area contributed by atoms with E-state index in [1.807, 2.05) is 30.5 Å². The summed E-state index contributed by atoms with van der Waals surface area (Å²) in [5.41, 5.74) is 2.89. The molecule has 38 heavy (non-hydrogen) atoms. The number of unbranched alkanes of at least 4 members (excludes halogenated alkanes) is 1. The molecule has 2 aromatic carbocycles. The molecular formula is C31H42F2N2O2Si. The number of esters is 1. The number of carbonyl (C=O) groups is 1. The quantitative estimate of drug-likeness (QED) is 0.140. The fourth-order valence-electron chi connectivity index (χ4n) is 4.53. The molecule has 3 rings (SSSR count). The maximum absolute atomic E-state index is 14.7. The number of aromatic nitrogens is 1. The summed E-state index contributed by atoms with van der Waals surface area (Å²) in [5, 5.41) is 3.69. The Morgan fingerprint density at radius 3 is 2.47 bits per heavy atom. The second kappa shape index (κ2) is 13.9. The first kappa shape index (κ1) is 29.8. The van der Waals surface area contributed by atoms with Crippen LogP contribution in [0.25, 0.3) is 11.1 Å². The zero-order chi connectivity index (χ0) is 27.7. The molecule has 3 aromatic rings. The van der Waals surface area contributed by atoms with Crippen molar-refractivity contribution in [3.63, 3.8) is 0 Å². The van der Waals surface area contributed by atoms with Gasteiger partial charge < -0.3 is 14.6 Å². The van der Waals surface area contributed by atoms with Crippen LogP contribution in [0.5, 0.6) is 0 Å². The normalized spacial score (nSPS) is 12.6. The Morgan fingerprint density at radius 1 is 1.05 bits per heavy atom. The molecule has 4 nitrogen and oxygen atoms in total. The highest BCUT2D eigenvalue weighted by Gasteiger charge is 2.29. The lowest BCUT2D eigenvalue weighted by Crippen LogP contribution is -2.34. The fourth-order valence-corrected chi connectivity index (χ4v) is 5.12. The van der Waals surface area contributed by atoms with Crippen LogP contribution in [-0.4, -0.2) is 32.5 Å². The number of hydrogen-bond acceptors (Lipinski definition) is 3. The number of halogens is 2. The summed E-state index contributed by atoms with van der Waals surface area (Å²) in [4.78, 5) is 12.0. The van der Waals surface area contributed by atoms with E-state index in [1.165, 1.54) is 12.1 Å². The Bertz CT molecular complexity index is 1170. The molecule has 0 aliphatic carbocycles. The zero-order valence-electron chi connectivity index (χ0n) is 23.4. The third-order valence-corrected chi connectivity index (χ3v) is 8.03. The molecule has 0 spiro atoms. The molecule has 0 aliphatic heterocycles. The maximum atomic E-state index is 14.7. The van der Waals surface area contributed by atoms with E-state index >= 15 is 0 Å². The van der Waals surface area contributed by atoms with E-state index in [2.05, 4.69) is 55.9 Å². The van der Waals surface area contributed by atoms with Crippen LogP contribution < -0.4 is 5.32 Å². The summed E-state index contributed by atoms with van der Waals surface area (Å²) in [5.74, 6) is -1.03. The Balaban J connectivity index is 1.77. The lowest BCUT2D eigenvalue weighted by Gasteiger charge is -2.33. The Morgan fingerprint density at radius 2 is 1.79 bits per heavy atom. The molecule has 1 heterocycles. The smallest absolute Gasteiger partial charge is 0.305 e. The van der Waals surface area contributed by atoms with Crippen molar-refractivity contribution in [3.8, 4) is 11.1 Å². The van der Waals surface area contributed by atoms with E-state index in [0.717, 1.165) is 42.8 Å². The topological polar surface area (TPSA) is 43.3 Å². The number of nitrogens with one attached hydrogen (secondary N) is 1. The van der Waals surface area contributed by atoms with Crippen LogP contribution in [0.4, 0.5) is 8.78 Å². The number of benzene rings is 2. The zero-order valence-corrected chi connectivity index (χ0v) is 24.6. The van der Waals surface area contributed by atoms with Crippen LogP contribution in [-0.2, 0) is 16.1 Å². The second-order valence-electron chi connectivity index (χ2n) is 11.5. The lowest BCUT2D eigenvalue weighted by molar-refractivity contribution is -0.143. The average molecular weight is 541 g/mol. The molecule has 0 bridgehead atoms. The molecule has 0 saturated heterocycles. The Labute approximate surface area is 228 Å². The van der Waals surface area contributed by atoms with Gasteiger partial charge in [0.25, 0.3) is 0 Å². The van der Waals surface area contributed by atoms with Gasteiger partial charge in [0.1, 0.15) is 11.6 Å². The predicted octanol–water partition coefficient (Wildman–Crippen LogP) is 7.36. The third-order valence-electron chi connectivity index (χ3n) is 6.64. The van der Waals surface area contributed by atoms with Gasteiger partial charge in [-0.3, -0.25) is 4.79 Å². The Kier molecular flexibility index (Phi) is 10.9. The van der Waals surface area contributed by atoms with Crippen molar-refractivity contribution in [1.82, 2.24) is 9.88 Å². The van der Waals surface area contributed by atoms with Gasteiger partial charge in [0.2, 0.25) is 0 Å². The first-order chi connectivity index (χ1) is 18.0. The molecule has 0 radical (unpaired) electrons. The maximum Gasteiger partial charge on any atom is 0.305 e. The minimum atomic E-state index is -0.706. The minimum absolute atomic E-state index is 0.0421. The summed E-state index contributed by atoms with van der Waals surface area (Å²) < 4.78 is 36.2. The molecule has 206 valence electrons. The summed E-state index contributed by atoms with van der Waals surface area (Å²) in [6.45, 7) is 12.9. The summed E-state index contributed by atoms with van der Waals surface area (Å²) in [6.07, 6.45) is 3.93. The van der Waals surface area contributed by atoms with Gasteiger partial charge in [-0.2, -0.15) is 0 Å². The molecule has 1 aromatic heterocycles. The van der Waals surface area contributed by atoms with Gasteiger partial charge in [-0.05, 0) is 60.7 Å². The van der Waals surface area contributed by atoms with Crippen molar-refractivity contribution in [2.45, 2.75) is 71.8 Å². The monoisotopic (exact) mass is 540 g/mol. The molecule has 7 heteroatoms. The van der Waals surface area contributed by atoms with Crippen molar-refractivity contribution >= 4 is 14.8 Å². The number of rotatable bonds is 13. The van der Waals surface area contributed by atoms with Gasteiger partial charge >= 0.3 is 5.97 Å². The average Bonchev–Trinajstić information content (AvgIpc) is 3.25.